The summed E-state index contributed by atoms with van der Waals surface area (Å²) in [5, 5.41) is 3.34. The van der Waals surface area contributed by atoms with Gasteiger partial charge in [-0.15, -0.1) is 11.8 Å². The first-order valence-corrected chi connectivity index (χ1v) is 10.6. The van der Waals surface area contributed by atoms with Crippen molar-refractivity contribution >= 4 is 35.0 Å². The van der Waals surface area contributed by atoms with Crippen LogP contribution >= 0.6 is 11.8 Å². The lowest BCUT2D eigenvalue weighted by Gasteiger charge is -2.23. The second-order valence-electron chi connectivity index (χ2n) is 7.21. The number of hydrogen-bond acceptors (Lipinski definition) is 4. The SMILES string of the molecule is C[C@@H]1CCN(C(=O)c2cccc(NC(=O)[C@H]3CCCO3)c2)c2ccccc2S1. The van der Waals surface area contributed by atoms with Gasteiger partial charge in [-0.25, -0.2) is 0 Å². The Morgan fingerprint density at radius 1 is 1.14 bits per heavy atom. The molecule has 2 amide bonds. The van der Waals surface area contributed by atoms with Crippen molar-refractivity contribution in [1.82, 2.24) is 0 Å². The van der Waals surface area contributed by atoms with Gasteiger partial charge in [0.05, 0.1) is 5.69 Å². The molecule has 1 saturated heterocycles. The number of nitrogens with zero attached hydrogens (tertiary/aromatic N) is 1. The largest absolute Gasteiger partial charge is 0.368 e. The molecule has 2 aliphatic heterocycles. The molecule has 0 saturated carbocycles. The quantitative estimate of drug-likeness (QED) is 0.839. The summed E-state index contributed by atoms with van der Waals surface area (Å²) in [6.07, 6.45) is 2.18. The van der Waals surface area contributed by atoms with Crippen LogP contribution in [0.4, 0.5) is 11.4 Å². The normalized spacial score (nSPS) is 21.7. The number of benzene rings is 2. The summed E-state index contributed by atoms with van der Waals surface area (Å²) < 4.78 is 5.43. The third kappa shape index (κ3) is 4.08. The van der Waals surface area contributed by atoms with E-state index in [4.69, 9.17) is 4.74 Å². The number of carbonyl (C=O) groups is 2. The third-order valence-corrected chi connectivity index (χ3v) is 6.32. The minimum Gasteiger partial charge on any atom is -0.368 e. The molecular formula is C22H24N2O3S. The second kappa shape index (κ2) is 8.37. The Kier molecular flexibility index (Phi) is 5.69. The highest BCUT2D eigenvalue weighted by atomic mass is 32.2. The van der Waals surface area contributed by atoms with Crippen LogP contribution in [0.2, 0.25) is 0 Å². The van der Waals surface area contributed by atoms with Gasteiger partial charge in [0.25, 0.3) is 11.8 Å². The maximum Gasteiger partial charge on any atom is 0.258 e. The molecule has 0 radical (unpaired) electrons. The van der Waals surface area contributed by atoms with Crippen LogP contribution in [-0.2, 0) is 9.53 Å². The predicted octanol–water partition coefficient (Wildman–Crippen LogP) is 4.34. The van der Waals surface area contributed by atoms with Crippen molar-refractivity contribution in [3.05, 3.63) is 54.1 Å². The van der Waals surface area contributed by atoms with Crippen molar-refractivity contribution in [3.63, 3.8) is 0 Å². The lowest BCUT2D eigenvalue weighted by atomic mass is 10.1. The lowest BCUT2D eigenvalue weighted by molar-refractivity contribution is -0.124. The molecule has 1 N–H and O–H groups in total. The fourth-order valence-corrected chi connectivity index (χ4v) is 4.70. The summed E-state index contributed by atoms with van der Waals surface area (Å²) in [7, 11) is 0. The van der Waals surface area contributed by atoms with E-state index in [1.807, 2.05) is 34.9 Å². The number of thioether (sulfide) groups is 1. The zero-order valence-corrected chi connectivity index (χ0v) is 16.7. The van der Waals surface area contributed by atoms with E-state index in [0.29, 0.717) is 29.7 Å². The highest BCUT2D eigenvalue weighted by molar-refractivity contribution is 8.00. The van der Waals surface area contributed by atoms with Crippen LogP contribution in [0, 0.1) is 0 Å². The van der Waals surface area contributed by atoms with Gasteiger partial charge in [0.15, 0.2) is 0 Å². The molecule has 28 heavy (non-hydrogen) atoms. The number of para-hydroxylation sites is 1. The van der Waals surface area contributed by atoms with Gasteiger partial charge in [0, 0.05) is 34.5 Å². The topological polar surface area (TPSA) is 58.6 Å². The number of hydrogen-bond donors (Lipinski definition) is 1. The van der Waals surface area contributed by atoms with Crippen LogP contribution in [-0.4, -0.2) is 36.3 Å². The minimum atomic E-state index is -0.393. The van der Waals surface area contributed by atoms with Gasteiger partial charge in [-0.05, 0) is 49.6 Å². The molecule has 6 heteroatoms. The standard InChI is InChI=1S/C22H24N2O3S/c1-15-11-12-24(18-8-2-3-10-20(18)28-15)22(26)16-6-4-7-17(14-16)23-21(25)19-9-5-13-27-19/h2-4,6-8,10,14-15,19H,5,9,11-13H2,1H3,(H,23,25)/t15-,19-/m1/s1. The smallest absolute Gasteiger partial charge is 0.258 e. The molecule has 0 aliphatic carbocycles. The van der Waals surface area contributed by atoms with Gasteiger partial charge in [-0.1, -0.05) is 25.1 Å². The van der Waals surface area contributed by atoms with Gasteiger partial charge in [-0.3, -0.25) is 9.59 Å². The lowest BCUT2D eigenvalue weighted by Crippen LogP contribution is -2.32. The Morgan fingerprint density at radius 2 is 2.00 bits per heavy atom. The van der Waals surface area contributed by atoms with Crippen molar-refractivity contribution in [2.24, 2.45) is 0 Å². The fourth-order valence-electron chi connectivity index (χ4n) is 3.59. The first kappa shape index (κ1) is 19.0. The van der Waals surface area contributed by atoms with Gasteiger partial charge >= 0.3 is 0 Å². The van der Waals surface area contributed by atoms with E-state index in [1.54, 1.807) is 24.3 Å². The van der Waals surface area contributed by atoms with E-state index >= 15 is 0 Å². The molecule has 2 aromatic carbocycles. The molecule has 2 aliphatic rings. The van der Waals surface area contributed by atoms with Crippen LogP contribution in [0.5, 0.6) is 0 Å². The first-order valence-electron chi connectivity index (χ1n) is 9.72. The Bertz CT molecular complexity index is 880. The molecule has 2 atom stereocenters. The molecule has 0 unspecified atom stereocenters. The second-order valence-corrected chi connectivity index (χ2v) is 8.69. The van der Waals surface area contributed by atoms with Gasteiger partial charge in [0.2, 0.25) is 0 Å². The summed E-state index contributed by atoms with van der Waals surface area (Å²) in [4.78, 5) is 28.6. The Balaban J connectivity index is 1.56. The predicted molar refractivity (Wildman–Crippen MR) is 112 cm³/mol. The monoisotopic (exact) mass is 396 g/mol. The highest BCUT2D eigenvalue weighted by Gasteiger charge is 2.26. The third-order valence-electron chi connectivity index (χ3n) is 5.09. The van der Waals surface area contributed by atoms with Crippen LogP contribution in [0.1, 0.15) is 36.5 Å². The number of anilines is 2. The van der Waals surface area contributed by atoms with Crippen molar-refractivity contribution in [3.8, 4) is 0 Å². The number of amides is 2. The average molecular weight is 397 g/mol. The summed E-state index contributed by atoms with van der Waals surface area (Å²) in [5.41, 5.74) is 2.15. The molecule has 0 aromatic heterocycles. The van der Waals surface area contributed by atoms with Crippen molar-refractivity contribution < 1.29 is 14.3 Å². The van der Waals surface area contributed by atoms with Crippen molar-refractivity contribution in [2.45, 2.75) is 42.4 Å². The van der Waals surface area contributed by atoms with Crippen LogP contribution in [0.3, 0.4) is 0 Å². The molecule has 2 aromatic rings. The van der Waals surface area contributed by atoms with Crippen molar-refractivity contribution in [1.29, 1.82) is 0 Å². The number of fused-ring (bicyclic) bond motifs is 1. The van der Waals surface area contributed by atoms with Gasteiger partial charge in [0.1, 0.15) is 6.10 Å². The number of ether oxygens (including phenoxy) is 1. The van der Waals surface area contributed by atoms with E-state index in [2.05, 4.69) is 18.3 Å². The van der Waals surface area contributed by atoms with E-state index in [0.717, 1.165) is 29.8 Å². The summed E-state index contributed by atoms with van der Waals surface area (Å²) in [6, 6.07) is 15.2. The molecule has 1 fully saturated rings. The molecule has 5 nitrogen and oxygen atoms in total. The number of carbonyl (C=O) groups excluding carboxylic acids is 2. The van der Waals surface area contributed by atoms with Gasteiger partial charge < -0.3 is 15.0 Å². The van der Waals surface area contributed by atoms with Gasteiger partial charge in [-0.2, -0.15) is 0 Å². The molecule has 4 rings (SSSR count). The van der Waals surface area contributed by atoms with Crippen LogP contribution in [0.15, 0.2) is 53.4 Å². The maximum atomic E-state index is 13.3. The van der Waals surface area contributed by atoms with E-state index in [9.17, 15) is 9.59 Å². The molecule has 146 valence electrons. The fraction of sp³-hybridized carbons (Fsp3) is 0.364. The van der Waals surface area contributed by atoms with E-state index < -0.39 is 6.10 Å². The summed E-state index contributed by atoms with van der Waals surface area (Å²) in [6.45, 7) is 3.49. The van der Waals surface area contributed by atoms with Crippen molar-refractivity contribution in [2.75, 3.05) is 23.4 Å². The molecule has 0 bridgehead atoms. The Labute approximate surface area is 169 Å². The molecule has 0 spiro atoms. The zero-order valence-electron chi connectivity index (χ0n) is 15.9. The van der Waals surface area contributed by atoms with Crippen LogP contribution in [0.25, 0.3) is 0 Å². The highest BCUT2D eigenvalue weighted by Crippen LogP contribution is 2.37. The average Bonchev–Trinajstić information content (AvgIpc) is 3.18. The Hall–Kier alpha value is -2.31. The number of nitrogens with one attached hydrogen (secondary N) is 1. The minimum absolute atomic E-state index is 0.0460. The van der Waals surface area contributed by atoms with E-state index in [1.165, 1.54) is 0 Å². The summed E-state index contributed by atoms with van der Waals surface area (Å²) in [5.74, 6) is -0.192. The van der Waals surface area contributed by atoms with Crippen LogP contribution < -0.4 is 10.2 Å². The molecular weight excluding hydrogens is 372 g/mol. The zero-order chi connectivity index (χ0) is 19.5. The van der Waals surface area contributed by atoms with E-state index in [-0.39, 0.29) is 11.8 Å². The first-order chi connectivity index (χ1) is 13.6. The Morgan fingerprint density at radius 3 is 2.82 bits per heavy atom. The molecule has 2 heterocycles. The summed E-state index contributed by atoms with van der Waals surface area (Å²) >= 11 is 1.81. The number of rotatable bonds is 3. The maximum absolute atomic E-state index is 13.3.